The van der Waals surface area contributed by atoms with Gasteiger partial charge in [0.25, 0.3) is 0 Å². The molecule has 0 aliphatic carbocycles. The van der Waals surface area contributed by atoms with Gasteiger partial charge in [0.15, 0.2) is 0 Å². The highest BCUT2D eigenvalue weighted by molar-refractivity contribution is 9.11. The average Bonchev–Trinajstić information content (AvgIpc) is 2.72. The second-order valence-electron chi connectivity index (χ2n) is 3.36. The first-order chi connectivity index (χ1) is 7.50. The number of carbonyl (C=O) groups excluding carboxylic acids is 1. The van der Waals surface area contributed by atoms with Crippen molar-refractivity contribution in [3.8, 4) is 0 Å². The van der Waals surface area contributed by atoms with E-state index in [0.29, 0.717) is 10.6 Å². The third kappa shape index (κ3) is 2.01. The molecule has 0 saturated carbocycles. The summed E-state index contributed by atoms with van der Waals surface area (Å²) in [4.78, 5) is 12.9. The normalized spacial score (nSPS) is 10.8. The van der Waals surface area contributed by atoms with E-state index < -0.39 is 0 Å². The number of rotatable bonds is 2. The number of thiophene rings is 1. The Morgan fingerprint density at radius 2 is 2.19 bits per heavy atom. The van der Waals surface area contributed by atoms with E-state index in [2.05, 4.69) is 37.0 Å². The fourth-order valence-electron chi connectivity index (χ4n) is 1.35. The monoisotopic (exact) mass is 362 g/mol. The van der Waals surface area contributed by atoms with Gasteiger partial charge in [-0.1, -0.05) is 0 Å². The Balaban J connectivity index is 2.47. The molecule has 16 heavy (non-hydrogen) atoms. The molecule has 0 fully saturated rings. The Morgan fingerprint density at radius 1 is 1.50 bits per heavy atom. The molecule has 3 nitrogen and oxygen atoms in total. The maximum atomic E-state index is 12.2. The lowest BCUT2D eigenvalue weighted by atomic mass is 10.2. The Morgan fingerprint density at radius 3 is 2.62 bits per heavy atom. The quantitative estimate of drug-likeness (QED) is 0.765. The lowest BCUT2D eigenvalue weighted by Crippen LogP contribution is -2.07. The minimum absolute atomic E-state index is 0.00863. The van der Waals surface area contributed by atoms with Crippen molar-refractivity contribution in [3.63, 3.8) is 0 Å². The van der Waals surface area contributed by atoms with Gasteiger partial charge in [-0.2, -0.15) is 5.10 Å². The van der Waals surface area contributed by atoms with Crippen molar-refractivity contribution in [3.05, 3.63) is 36.7 Å². The zero-order valence-corrected chi connectivity index (χ0v) is 12.6. The molecular formula is C10H8Br2N2OS. The molecule has 6 heteroatoms. The average molecular weight is 364 g/mol. The number of carbonyl (C=O) groups is 1. The molecule has 2 aromatic rings. The van der Waals surface area contributed by atoms with Gasteiger partial charge in [0.2, 0.25) is 5.78 Å². The van der Waals surface area contributed by atoms with Crippen LogP contribution in [0.15, 0.2) is 20.5 Å². The summed E-state index contributed by atoms with van der Waals surface area (Å²) in [6.45, 7) is 1.97. The summed E-state index contributed by atoms with van der Waals surface area (Å²) in [6, 6.07) is 1.89. The van der Waals surface area contributed by atoms with Crippen LogP contribution in [0.25, 0.3) is 0 Å². The summed E-state index contributed by atoms with van der Waals surface area (Å²) >= 11 is 8.19. The van der Waals surface area contributed by atoms with Gasteiger partial charge in [-0.25, -0.2) is 0 Å². The highest BCUT2D eigenvalue weighted by atomic mass is 79.9. The van der Waals surface area contributed by atoms with Gasteiger partial charge in [0.05, 0.1) is 19.3 Å². The van der Waals surface area contributed by atoms with Gasteiger partial charge in [-0.3, -0.25) is 9.48 Å². The smallest absolute Gasteiger partial charge is 0.222 e. The van der Waals surface area contributed by atoms with E-state index in [9.17, 15) is 4.79 Å². The van der Waals surface area contributed by atoms with Crippen molar-refractivity contribution < 1.29 is 4.79 Å². The standard InChI is InChI=1S/C10H8Br2N2OS/c1-5-3-7(16-10(5)12)9(15)8-6(11)4-13-14(8)2/h3-4H,1-2H3. The lowest BCUT2D eigenvalue weighted by Gasteiger charge is -1.99. The Bertz CT molecular complexity index is 520. The van der Waals surface area contributed by atoms with Crippen molar-refractivity contribution in [2.45, 2.75) is 6.92 Å². The van der Waals surface area contributed by atoms with Crippen LogP contribution in [0.5, 0.6) is 0 Å². The van der Waals surface area contributed by atoms with Crippen LogP contribution in [0.2, 0.25) is 0 Å². The molecule has 84 valence electrons. The zero-order valence-electron chi connectivity index (χ0n) is 8.62. The third-order valence-corrected chi connectivity index (χ3v) is 4.91. The molecule has 0 spiro atoms. The van der Waals surface area contributed by atoms with Gasteiger partial charge in [-0.05, 0) is 50.4 Å². The molecule has 2 rings (SSSR count). The summed E-state index contributed by atoms with van der Waals surface area (Å²) in [7, 11) is 1.76. The highest BCUT2D eigenvalue weighted by Crippen LogP contribution is 2.30. The molecule has 0 amide bonds. The fourth-order valence-corrected chi connectivity index (χ4v) is 3.36. The number of aryl methyl sites for hydroxylation is 2. The predicted molar refractivity (Wildman–Crippen MR) is 71.1 cm³/mol. The maximum Gasteiger partial charge on any atom is 0.222 e. The number of ketones is 1. The SMILES string of the molecule is Cc1cc(C(=O)c2c(Br)cnn2C)sc1Br. The van der Waals surface area contributed by atoms with Crippen molar-refractivity contribution in [2.24, 2.45) is 7.05 Å². The first kappa shape index (κ1) is 12.0. The van der Waals surface area contributed by atoms with Crippen LogP contribution in [0.3, 0.4) is 0 Å². The van der Waals surface area contributed by atoms with E-state index in [1.807, 2.05) is 13.0 Å². The molecule has 0 saturated heterocycles. The van der Waals surface area contributed by atoms with Crippen molar-refractivity contribution >= 4 is 49.0 Å². The number of hydrogen-bond acceptors (Lipinski definition) is 3. The Hall–Kier alpha value is -0.460. The molecule has 0 N–H and O–H groups in total. The maximum absolute atomic E-state index is 12.2. The predicted octanol–water partition coefficient (Wildman–Crippen LogP) is 3.55. The molecule has 0 aliphatic rings. The topological polar surface area (TPSA) is 34.9 Å². The second kappa shape index (κ2) is 4.43. The van der Waals surface area contributed by atoms with Crippen LogP contribution in [0.4, 0.5) is 0 Å². The van der Waals surface area contributed by atoms with E-state index in [-0.39, 0.29) is 5.78 Å². The van der Waals surface area contributed by atoms with Gasteiger partial charge in [0, 0.05) is 7.05 Å². The number of nitrogens with zero attached hydrogens (tertiary/aromatic N) is 2. The zero-order chi connectivity index (χ0) is 11.9. The molecule has 2 aromatic heterocycles. The lowest BCUT2D eigenvalue weighted by molar-refractivity contribution is 0.103. The van der Waals surface area contributed by atoms with E-state index in [1.165, 1.54) is 11.3 Å². The summed E-state index contributed by atoms with van der Waals surface area (Å²) in [5.41, 5.74) is 1.65. The second-order valence-corrected chi connectivity index (χ2v) is 6.59. The minimum atomic E-state index is -0.00863. The van der Waals surface area contributed by atoms with E-state index in [4.69, 9.17) is 0 Å². The van der Waals surface area contributed by atoms with E-state index >= 15 is 0 Å². The molecule has 2 heterocycles. The van der Waals surface area contributed by atoms with Crippen LogP contribution >= 0.6 is 43.2 Å². The molecule has 0 bridgehead atoms. The van der Waals surface area contributed by atoms with Gasteiger partial charge in [-0.15, -0.1) is 11.3 Å². The summed E-state index contributed by atoms with van der Waals surface area (Å²) in [5, 5.41) is 4.03. The Labute approximate surface area is 114 Å². The molecule has 0 aliphatic heterocycles. The summed E-state index contributed by atoms with van der Waals surface area (Å²) in [6.07, 6.45) is 1.63. The molecule has 0 radical (unpaired) electrons. The van der Waals surface area contributed by atoms with E-state index in [0.717, 1.165) is 13.8 Å². The summed E-state index contributed by atoms with van der Waals surface area (Å²) < 4.78 is 3.30. The van der Waals surface area contributed by atoms with Crippen molar-refractivity contribution in [1.82, 2.24) is 9.78 Å². The van der Waals surface area contributed by atoms with Crippen LogP contribution in [0.1, 0.15) is 20.9 Å². The van der Waals surface area contributed by atoms with E-state index in [1.54, 1.807) is 17.9 Å². The Kier molecular flexibility index (Phi) is 3.32. The van der Waals surface area contributed by atoms with Crippen LogP contribution in [-0.4, -0.2) is 15.6 Å². The van der Waals surface area contributed by atoms with Crippen molar-refractivity contribution in [2.75, 3.05) is 0 Å². The molecule has 0 atom stereocenters. The van der Waals surface area contributed by atoms with Crippen LogP contribution in [-0.2, 0) is 7.05 Å². The first-order valence-electron chi connectivity index (χ1n) is 4.49. The third-order valence-electron chi connectivity index (χ3n) is 2.19. The largest absolute Gasteiger partial charge is 0.286 e. The number of halogens is 2. The van der Waals surface area contributed by atoms with Crippen LogP contribution < -0.4 is 0 Å². The summed E-state index contributed by atoms with van der Waals surface area (Å²) in [5.74, 6) is -0.00863. The first-order valence-corrected chi connectivity index (χ1v) is 6.89. The van der Waals surface area contributed by atoms with Gasteiger partial charge >= 0.3 is 0 Å². The van der Waals surface area contributed by atoms with Crippen LogP contribution in [0, 0.1) is 6.92 Å². The number of aromatic nitrogens is 2. The number of hydrogen-bond donors (Lipinski definition) is 0. The fraction of sp³-hybridized carbons (Fsp3) is 0.200. The van der Waals surface area contributed by atoms with Crippen molar-refractivity contribution in [1.29, 1.82) is 0 Å². The minimum Gasteiger partial charge on any atom is -0.286 e. The highest BCUT2D eigenvalue weighted by Gasteiger charge is 2.19. The van der Waals surface area contributed by atoms with Gasteiger partial charge in [0.1, 0.15) is 5.69 Å². The van der Waals surface area contributed by atoms with Gasteiger partial charge < -0.3 is 0 Å². The molecule has 0 aromatic carbocycles. The molecular weight excluding hydrogens is 356 g/mol. The molecule has 0 unspecified atom stereocenters.